The van der Waals surface area contributed by atoms with Crippen LogP contribution >= 0.6 is 0 Å². The van der Waals surface area contributed by atoms with Crippen molar-refractivity contribution in [1.82, 2.24) is 5.32 Å². The van der Waals surface area contributed by atoms with Crippen LogP contribution in [0, 0.1) is 5.41 Å². The van der Waals surface area contributed by atoms with E-state index in [1.165, 1.54) is 12.8 Å². The monoisotopic (exact) mass is 200 g/mol. The number of rotatable bonds is 7. The number of nitrogens with one attached hydrogen (secondary N) is 1. The Balaban J connectivity index is 2.30. The third kappa shape index (κ3) is 2.47. The SMILES string of the molecule is CC1(C(C)(CN)NCCCCO)CC1. The predicted molar refractivity (Wildman–Crippen MR) is 59.1 cm³/mol. The highest BCUT2D eigenvalue weighted by Gasteiger charge is 2.51. The van der Waals surface area contributed by atoms with Gasteiger partial charge in [-0.3, -0.25) is 0 Å². The summed E-state index contributed by atoms with van der Waals surface area (Å²) in [6, 6.07) is 0. The molecule has 1 unspecified atom stereocenters. The Bertz CT molecular complexity index is 180. The van der Waals surface area contributed by atoms with E-state index >= 15 is 0 Å². The van der Waals surface area contributed by atoms with Crippen LogP contribution < -0.4 is 11.1 Å². The summed E-state index contributed by atoms with van der Waals surface area (Å²) in [6.07, 6.45) is 4.48. The molecule has 1 saturated carbocycles. The highest BCUT2D eigenvalue weighted by molar-refractivity contribution is 5.08. The molecule has 3 heteroatoms. The fourth-order valence-corrected chi connectivity index (χ4v) is 1.87. The molecule has 0 aromatic heterocycles. The van der Waals surface area contributed by atoms with Gasteiger partial charge in [0.1, 0.15) is 0 Å². The molecule has 1 fully saturated rings. The van der Waals surface area contributed by atoms with Crippen molar-refractivity contribution in [3.8, 4) is 0 Å². The lowest BCUT2D eigenvalue weighted by molar-refractivity contribution is 0.225. The summed E-state index contributed by atoms with van der Waals surface area (Å²) in [5.74, 6) is 0. The first-order chi connectivity index (χ1) is 6.58. The molecule has 0 radical (unpaired) electrons. The highest BCUT2D eigenvalue weighted by Crippen LogP contribution is 2.53. The molecule has 1 rings (SSSR count). The number of unbranched alkanes of at least 4 members (excludes halogenated alkanes) is 1. The van der Waals surface area contributed by atoms with Crippen LogP contribution in [-0.4, -0.2) is 30.3 Å². The van der Waals surface area contributed by atoms with E-state index in [2.05, 4.69) is 19.2 Å². The van der Waals surface area contributed by atoms with E-state index in [1.54, 1.807) is 0 Å². The summed E-state index contributed by atoms with van der Waals surface area (Å²) in [4.78, 5) is 0. The van der Waals surface area contributed by atoms with Crippen LogP contribution in [0.4, 0.5) is 0 Å². The normalized spacial score (nSPS) is 23.1. The van der Waals surface area contributed by atoms with Crippen molar-refractivity contribution < 1.29 is 5.11 Å². The molecular formula is C11H24N2O. The molecule has 4 N–H and O–H groups in total. The molecule has 0 saturated heterocycles. The number of aliphatic hydroxyl groups is 1. The van der Waals surface area contributed by atoms with Crippen LogP contribution in [0.5, 0.6) is 0 Å². The smallest absolute Gasteiger partial charge is 0.0431 e. The molecule has 0 spiro atoms. The van der Waals surface area contributed by atoms with Crippen molar-refractivity contribution in [3.63, 3.8) is 0 Å². The van der Waals surface area contributed by atoms with Gasteiger partial charge in [0, 0.05) is 18.7 Å². The van der Waals surface area contributed by atoms with Crippen molar-refractivity contribution in [3.05, 3.63) is 0 Å². The fourth-order valence-electron chi connectivity index (χ4n) is 1.87. The first-order valence-electron chi connectivity index (χ1n) is 5.64. The first-order valence-corrected chi connectivity index (χ1v) is 5.64. The van der Waals surface area contributed by atoms with E-state index in [1.807, 2.05) is 0 Å². The van der Waals surface area contributed by atoms with Gasteiger partial charge in [-0.15, -0.1) is 0 Å². The molecule has 3 nitrogen and oxygen atoms in total. The molecule has 1 aliphatic carbocycles. The third-order valence-corrected chi connectivity index (χ3v) is 3.84. The maximum absolute atomic E-state index is 8.67. The number of hydrogen-bond donors (Lipinski definition) is 3. The van der Waals surface area contributed by atoms with E-state index in [0.29, 0.717) is 12.0 Å². The second-order valence-corrected chi connectivity index (χ2v) is 4.95. The molecular weight excluding hydrogens is 176 g/mol. The Labute approximate surface area is 87.1 Å². The summed E-state index contributed by atoms with van der Waals surface area (Å²) in [5.41, 5.74) is 6.33. The van der Waals surface area contributed by atoms with Crippen molar-refractivity contribution in [2.45, 2.75) is 45.1 Å². The largest absolute Gasteiger partial charge is 0.396 e. The van der Waals surface area contributed by atoms with Crippen molar-refractivity contribution in [1.29, 1.82) is 0 Å². The molecule has 0 aromatic rings. The summed E-state index contributed by atoms with van der Waals surface area (Å²) in [6.45, 7) is 6.47. The summed E-state index contributed by atoms with van der Waals surface area (Å²) in [7, 11) is 0. The van der Waals surface area contributed by atoms with Gasteiger partial charge in [0.05, 0.1) is 0 Å². The van der Waals surface area contributed by atoms with Gasteiger partial charge in [-0.2, -0.15) is 0 Å². The molecule has 0 bridgehead atoms. The zero-order valence-electron chi connectivity index (χ0n) is 9.47. The molecule has 0 amide bonds. The number of aliphatic hydroxyl groups excluding tert-OH is 1. The van der Waals surface area contributed by atoms with Gasteiger partial charge < -0.3 is 16.2 Å². The van der Waals surface area contributed by atoms with Crippen LogP contribution in [0.1, 0.15) is 39.5 Å². The molecule has 0 aliphatic heterocycles. The van der Waals surface area contributed by atoms with Gasteiger partial charge in [-0.1, -0.05) is 6.92 Å². The third-order valence-electron chi connectivity index (χ3n) is 3.84. The van der Waals surface area contributed by atoms with Gasteiger partial charge in [-0.05, 0) is 44.6 Å². The Kier molecular flexibility index (Phi) is 3.93. The van der Waals surface area contributed by atoms with E-state index in [0.717, 1.165) is 19.4 Å². The summed E-state index contributed by atoms with van der Waals surface area (Å²) < 4.78 is 0. The van der Waals surface area contributed by atoms with Crippen LogP contribution in [0.2, 0.25) is 0 Å². The minimum atomic E-state index is 0.0858. The maximum atomic E-state index is 8.67. The van der Waals surface area contributed by atoms with E-state index < -0.39 is 0 Å². The standard InChI is InChI=1S/C11H24N2O/c1-10(5-6-10)11(2,9-12)13-7-3-4-8-14/h13-14H,3-9,12H2,1-2H3. The zero-order valence-corrected chi connectivity index (χ0v) is 9.47. The van der Waals surface area contributed by atoms with Crippen LogP contribution in [0.3, 0.4) is 0 Å². The van der Waals surface area contributed by atoms with E-state index in [-0.39, 0.29) is 12.1 Å². The Morgan fingerprint density at radius 3 is 2.50 bits per heavy atom. The quantitative estimate of drug-likeness (QED) is 0.534. The van der Waals surface area contributed by atoms with Crippen molar-refractivity contribution >= 4 is 0 Å². The Hall–Kier alpha value is -0.120. The molecule has 0 aromatic carbocycles. The topological polar surface area (TPSA) is 58.3 Å². The molecule has 0 heterocycles. The van der Waals surface area contributed by atoms with E-state index in [4.69, 9.17) is 10.8 Å². The van der Waals surface area contributed by atoms with Crippen LogP contribution in [-0.2, 0) is 0 Å². The number of hydrogen-bond acceptors (Lipinski definition) is 3. The zero-order chi connectivity index (χ0) is 10.7. The van der Waals surface area contributed by atoms with Crippen molar-refractivity contribution in [2.75, 3.05) is 19.7 Å². The predicted octanol–water partition coefficient (Wildman–Crippen LogP) is 0.866. The summed E-state index contributed by atoms with van der Waals surface area (Å²) in [5, 5.41) is 12.2. The lowest BCUT2D eigenvalue weighted by atomic mass is 9.83. The minimum absolute atomic E-state index is 0.0858. The second kappa shape index (κ2) is 4.60. The van der Waals surface area contributed by atoms with Crippen molar-refractivity contribution in [2.24, 2.45) is 11.1 Å². The highest BCUT2D eigenvalue weighted by atomic mass is 16.2. The van der Waals surface area contributed by atoms with Gasteiger partial charge in [0.2, 0.25) is 0 Å². The fraction of sp³-hybridized carbons (Fsp3) is 1.00. The van der Waals surface area contributed by atoms with Gasteiger partial charge in [0.25, 0.3) is 0 Å². The molecule has 84 valence electrons. The summed E-state index contributed by atoms with van der Waals surface area (Å²) >= 11 is 0. The minimum Gasteiger partial charge on any atom is -0.396 e. The number of nitrogens with two attached hydrogens (primary N) is 1. The molecule has 14 heavy (non-hydrogen) atoms. The molecule has 1 atom stereocenters. The van der Waals surface area contributed by atoms with Gasteiger partial charge in [-0.25, -0.2) is 0 Å². The second-order valence-electron chi connectivity index (χ2n) is 4.95. The van der Waals surface area contributed by atoms with Gasteiger partial charge >= 0.3 is 0 Å². The van der Waals surface area contributed by atoms with E-state index in [9.17, 15) is 0 Å². The van der Waals surface area contributed by atoms with Crippen LogP contribution in [0.15, 0.2) is 0 Å². The average Bonchev–Trinajstić information content (AvgIpc) is 2.92. The Morgan fingerprint density at radius 2 is 2.07 bits per heavy atom. The molecule has 1 aliphatic rings. The first kappa shape index (κ1) is 12.0. The lowest BCUT2D eigenvalue weighted by Gasteiger charge is -2.36. The Morgan fingerprint density at radius 1 is 1.43 bits per heavy atom. The van der Waals surface area contributed by atoms with Gasteiger partial charge in [0.15, 0.2) is 0 Å². The van der Waals surface area contributed by atoms with Crippen LogP contribution in [0.25, 0.3) is 0 Å². The lowest BCUT2D eigenvalue weighted by Crippen LogP contribution is -2.54. The average molecular weight is 200 g/mol. The maximum Gasteiger partial charge on any atom is 0.0431 e.